The number of hydrogen-bond donors (Lipinski definition) is 0. The van der Waals surface area contributed by atoms with Gasteiger partial charge in [0.25, 0.3) is 5.69 Å². The Kier molecular flexibility index (Phi) is 4.45. The van der Waals surface area contributed by atoms with Gasteiger partial charge in [0.1, 0.15) is 0 Å². The first kappa shape index (κ1) is 12.2. The van der Waals surface area contributed by atoms with Crippen LogP contribution in [0.3, 0.4) is 0 Å². The molecule has 0 aromatic heterocycles. The van der Waals surface area contributed by atoms with Crippen LogP contribution in [0.4, 0.5) is 5.69 Å². The maximum atomic E-state index is 10.9. The second kappa shape index (κ2) is 5.85. The molecule has 0 unspecified atom stereocenters. The van der Waals surface area contributed by atoms with Crippen molar-refractivity contribution in [1.82, 2.24) is 0 Å². The number of nitro benzene ring substituents is 1. The van der Waals surface area contributed by atoms with Crippen LogP contribution in [0.15, 0.2) is 42.5 Å². The summed E-state index contributed by atoms with van der Waals surface area (Å²) in [6.45, 7) is 3.91. The van der Waals surface area contributed by atoms with Crippen molar-refractivity contribution >= 4 is 11.3 Å². The van der Waals surface area contributed by atoms with Gasteiger partial charge in [-0.25, -0.2) is 0 Å². The van der Waals surface area contributed by atoms with Gasteiger partial charge in [-0.05, 0) is 25.0 Å². The summed E-state index contributed by atoms with van der Waals surface area (Å²) < 4.78 is 0. The molecule has 84 valence electrons. The Morgan fingerprint density at radius 3 is 2.69 bits per heavy atom. The number of hydrogen-bond acceptors (Lipinski definition) is 2. The van der Waals surface area contributed by atoms with Crippen LogP contribution in [0.1, 0.15) is 25.8 Å². The van der Waals surface area contributed by atoms with Crippen LogP contribution in [0.25, 0.3) is 5.57 Å². The van der Waals surface area contributed by atoms with Gasteiger partial charge in [-0.3, -0.25) is 10.1 Å². The summed E-state index contributed by atoms with van der Waals surface area (Å²) in [5, 5.41) is 10.9. The summed E-state index contributed by atoms with van der Waals surface area (Å²) in [4.78, 5) is 10.5. The minimum absolute atomic E-state index is 0.153. The average Bonchev–Trinajstić information content (AvgIpc) is 2.29. The quantitative estimate of drug-likeness (QED) is 0.435. The van der Waals surface area contributed by atoms with Gasteiger partial charge in [0.2, 0.25) is 0 Å². The smallest absolute Gasteiger partial charge is 0.258 e. The highest BCUT2D eigenvalue weighted by Crippen LogP contribution is 2.26. The maximum Gasteiger partial charge on any atom is 0.277 e. The lowest BCUT2D eigenvalue weighted by Crippen LogP contribution is -1.93. The van der Waals surface area contributed by atoms with E-state index in [1.54, 1.807) is 12.1 Å². The molecule has 16 heavy (non-hydrogen) atoms. The van der Waals surface area contributed by atoms with E-state index in [9.17, 15) is 10.1 Å². The number of benzene rings is 1. The van der Waals surface area contributed by atoms with Crippen LogP contribution in [0.5, 0.6) is 0 Å². The molecule has 0 spiro atoms. The van der Waals surface area contributed by atoms with Crippen LogP contribution in [0, 0.1) is 10.1 Å². The Morgan fingerprint density at radius 2 is 2.12 bits per heavy atom. The third-order valence-corrected chi connectivity index (χ3v) is 2.18. The minimum atomic E-state index is -0.345. The molecule has 0 fully saturated rings. The molecule has 0 N–H and O–H groups in total. The molecular formula is C13H15NO2. The summed E-state index contributed by atoms with van der Waals surface area (Å²) in [6, 6.07) is 6.80. The van der Waals surface area contributed by atoms with Crippen LogP contribution in [-0.2, 0) is 0 Å². The van der Waals surface area contributed by atoms with E-state index in [4.69, 9.17) is 0 Å². The van der Waals surface area contributed by atoms with Gasteiger partial charge in [0.15, 0.2) is 0 Å². The molecule has 1 aromatic carbocycles. The Balaban J connectivity index is 3.29. The average molecular weight is 217 g/mol. The van der Waals surface area contributed by atoms with E-state index in [0.717, 1.165) is 12.0 Å². The van der Waals surface area contributed by atoms with Crippen molar-refractivity contribution in [2.45, 2.75) is 20.3 Å². The Morgan fingerprint density at radius 1 is 1.44 bits per heavy atom. The number of para-hydroxylation sites is 1. The minimum Gasteiger partial charge on any atom is -0.258 e. The molecule has 1 aromatic rings. The molecule has 3 nitrogen and oxygen atoms in total. The first-order valence-electron chi connectivity index (χ1n) is 5.27. The zero-order chi connectivity index (χ0) is 12.0. The normalized spacial score (nSPS) is 12.0. The molecule has 0 amide bonds. The third-order valence-electron chi connectivity index (χ3n) is 2.18. The molecule has 0 aliphatic carbocycles. The molecule has 0 saturated carbocycles. The Hall–Kier alpha value is -1.90. The van der Waals surface area contributed by atoms with Gasteiger partial charge in [-0.1, -0.05) is 37.3 Å². The van der Waals surface area contributed by atoms with Crippen molar-refractivity contribution in [1.29, 1.82) is 0 Å². The molecule has 0 radical (unpaired) electrons. The first-order chi connectivity index (χ1) is 7.70. The van der Waals surface area contributed by atoms with E-state index in [0.29, 0.717) is 5.56 Å². The SMILES string of the molecule is C/C=C\C(=C/CC)c1ccccc1[N+](=O)[O-]. The summed E-state index contributed by atoms with van der Waals surface area (Å²) in [5.41, 5.74) is 1.73. The van der Waals surface area contributed by atoms with Gasteiger partial charge < -0.3 is 0 Å². The first-order valence-corrected chi connectivity index (χ1v) is 5.27. The number of nitrogens with zero attached hydrogens (tertiary/aromatic N) is 1. The predicted octanol–water partition coefficient (Wildman–Crippen LogP) is 3.96. The molecular weight excluding hydrogens is 202 g/mol. The molecule has 0 bridgehead atoms. The zero-order valence-corrected chi connectivity index (χ0v) is 9.51. The highest BCUT2D eigenvalue weighted by Gasteiger charge is 2.13. The van der Waals surface area contributed by atoms with Gasteiger partial charge in [-0.2, -0.15) is 0 Å². The Labute approximate surface area is 95.3 Å². The van der Waals surface area contributed by atoms with Crippen LogP contribution in [-0.4, -0.2) is 4.92 Å². The fourth-order valence-corrected chi connectivity index (χ4v) is 1.54. The van der Waals surface area contributed by atoms with Gasteiger partial charge in [0, 0.05) is 6.07 Å². The third kappa shape index (κ3) is 2.79. The van der Waals surface area contributed by atoms with Crippen molar-refractivity contribution in [3.8, 4) is 0 Å². The molecule has 0 atom stereocenters. The number of rotatable bonds is 4. The summed E-state index contributed by atoms with van der Waals surface area (Å²) in [5.74, 6) is 0. The van der Waals surface area contributed by atoms with Crippen molar-refractivity contribution < 1.29 is 4.92 Å². The van der Waals surface area contributed by atoms with E-state index in [2.05, 4.69) is 0 Å². The van der Waals surface area contributed by atoms with E-state index in [1.807, 2.05) is 38.1 Å². The van der Waals surface area contributed by atoms with Crippen molar-refractivity contribution in [3.05, 3.63) is 58.2 Å². The predicted molar refractivity (Wildman–Crippen MR) is 66.2 cm³/mol. The lowest BCUT2D eigenvalue weighted by molar-refractivity contribution is -0.385. The van der Waals surface area contributed by atoms with E-state index in [1.165, 1.54) is 6.07 Å². The van der Waals surface area contributed by atoms with E-state index in [-0.39, 0.29) is 10.6 Å². The highest BCUT2D eigenvalue weighted by molar-refractivity contribution is 5.79. The molecule has 1 rings (SSSR count). The topological polar surface area (TPSA) is 43.1 Å². The van der Waals surface area contributed by atoms with Crippen LogP contribution in [0.2, 0.25) is 0 Å². The largest absolute Gasteiger partial charge is 0.277 e. The molecule has 3 heteroatoms. The number of allylic oxidation sites excluding steroid dienone is 4. The van der Waals surface area contributed by atoms with Gasteiger partial charge in [0.05, 0.1) is 10.5 Å². The summed E-state index contributed by atoms with van der Waals surface area (Å²) in [7, 11) is 0. The summed E-state index contributed by atoms with van der Waals surface area (Å²) in [6.07, 6.45) is 6.62. The van der Waals surface area contributed by atoms with Crippen molar-refractivity contribution in [2.24, 2.45) is 0 Å². The molecule has 0 aliphatic heterocycles. The second-order valence-corrected chi connectivity index (χ2v) is 3.34. The summed E-state index contributed by atoms with van der Waals surface area (Å²) >= 11 is 0. The van der Waals surface area contributed by atoms with Gasteiger partial charge in [-0.15, -0.1) is 0 Å². The monoisotopic (exact) mass is 217 g/mol. The lowest BCUT2D eigenvalue weighted by atomic mass is 10.0. The fraction of sp³-hybridized carbons (Fsp3) is 0.231. The van der Waals surface area contributed by atoms with Crippen molar-refractivity contribution in [3.63, 3.8) is 0 Å². The number of nitro groups is 1. The maximum absolute atomic E-state index is 10.9. The lowest BCUT2D eigenvalue weighted by Gasteiger charge is -2.03. The highest BCUT2D eigenvalue weighted by atomic mass is 16.6. The standard InChI is InChI=1S/C13H15NO2/c1-3-7-11(8-4-2)12-9-5-6-10-13(12)14(15)16/h3,5-10H,4H2,1-2H3/b7-3-,11-8+. The zero-order valence-electron chi connectivity index (χ0n) is 9.51. The van der Waals surface area contributed by atoms with E-state index < -0.39 is 0 Å². The molecule has 0 saturated heterocycles. The second-order valence-electron chi connectivity index (χ2n) is 3.34. The van der Waals surface area contributed by atoms with Crippen molar-refractivity contribution in [2.75, 3.05) is 0 Å². The molecule has 0 heterocycles. The van der Waals surface area contributed by atoms with Gasteiger partial charge >= 0.3 is 0 Å². The molecule has 0 aliphatic rings. The Bertz CT molecular complexity index is 433. The van der Waals surface area contributed by atoms with Crippen LogP contribution < -0.4 is 0 Å². The van der Waals surface area contributed by atoms with E-state index >= 15 is 0 Å². The van der Waals surface area contributed by atoms with Crippen LogP contribution >= 0.6 is 0 Å². The fourth-order valence-electron chi connectivity index (χ4n) is 1.54.